The molecule has 0 radical (unpaired) electrons. The second-order valence-corrected chi connectivity index (χ2v) is 9.27. The number of methoxy groups -OCH3 is 1. The van der Waals surface area contributed by atoms with E-state index in [1.54, 1.807) is 12.0 Å². The summed E-state index contributed by atoms with van der Waals surface area (Å²) in [7, 11) is 1.61. The molecule has 3 heterocycles. The monoisotopic (exact) mass is 508 g/mol. The van der Waals surface area contributed by atoms with Crippen molar-refractivity contribution in [3.05, 3.63) is 48.2 Å². The maximum atomic E-state index is 13.1. The molecular weight excluding hydrogens is 481 g/mol. The van der Waals surface area contributed by atoms with E-state index >= 15 is 0 Å². The van der Waals surface area contributed by atoms with Crippen molar-refractivity contribution in [2.75, 3.05) is 45.2 Å². The number of nitrogens with one attached hydrogen (secondary N) is 1. The van der Waals surface area contributed by atoms with Gasteiger partial charge in [-0.1, -0.05) is 6.07 Å². The Morgan fingerprint density at radius 3 is 2.54 bits per heavy atom. The summed E-state index contributed by atoms with van der Waals surface area (Å²) in [5, 5.41) is 3.89. The highest BCUT2D eigenvalue weighted by Gasteiger charge is 2.43. The first-order valence-electron chi connectivity index (χ1n) is 11.3. The van der Waals surface area contributed by atoms with Crippen molar-refractivity contribution < 1.29 is 27.4 Å². The average molecular weight is 509 g/mol. The Labute approximate surface area is 207 Å². The number of benzene rings is 1. The maximum Gasteiger partial charge on any atom is 0.422 e. The summed E-state index contributed by atoms with van der Waals surface area (Å²) in [6, 6.07) is 10.5. The summed E-state index contributed by atoms with van der Waals surface area (Å²) in [5.41, 5.74) is 0.870. The molecule has 0 atom stereocenters. The van der Waals surface area contributed by atoms with E-state index in [-0.39, 0.29) is 22.8 Å². The predicted molar refractivity (Wildman–Crippen MR) is 129 cm³/mol. The van der Waals surface area contributed by atoms with Gasteiger partial charge in [-0.2, -0.15) is 13.2 Å². The van der Waals surface area contributed by atoms with E-state index in [1.807, 2.05) is 24.3 Å². The molecule has 1 spiro atoms. The van der Waals surface area contributed by atoms with Gasteiger partial charge >= 0.3 is 6.18 Å². The van der Waals surface area contributed by atoms with Gasteiger partial charge < -0.3 is 24.6 Å². The SMILES string of the molecule is COc1cccc(NC(=S)N2CCC3(CCN(C(=O)c4cccnc4OCC(F)(F)F)C3)CC2)c1. The van der Waals surface area contributed by atoms with Crippen LogP contribution in [0, 0.1) is 5.41 Å². The Kier molecular flexibility index (Phi) is 7.34. The van der Waals surface area contributed by atoms with Crippen molar-refractivity contribution in [3.8, 4) is 11.6 Å². The van der Waals surface area contributed by atoms with Crippen LogP contribution in [0.25, 0.3) is 0 Å². The molecular formula is C24H27F3N4O3S. The van der Waals surface area contributed by atoms with Gasteiger partial charge in [-0.3, -0.25) is 4.79 Å². The minimum absolute atomic E-state index is 0.0348. The van der Waals surface area contributed by atoms with Crippen molar-refractivity contribution in [3.63, 3.8) is 0 Å². The molecule has 4 rings (SSSR count). The molecule has 1 aromatic heterocycles. The number of alkyl halides is 3. The van der Waals surface area contributed by atoms with Crippen LogP contribution in [0.15, 0.2) is 42.6 Å². The van der Waals surface area contributed by atoms with E-state index in [4.69, 9.17) is 21.7 Å². The number of nitrogens with zero attached hydrogens (tertiary/aromatic N) is 3. The van der Waals surface area contributed by atoms with Crippen molar-refractivity contribution in [1.82, 2.24) is 14.8 Å². The number of ether oxygens (including phenoxy) is 2. The standard InChI is InChI=1S/C24H27F3N4O3S/c1-33-18-5-2-4-17(14-18)29-22(35)30-11-7-23(8-12-30)9-13-31(15-23)21(32)19-6-3-10-28-20(19)34-16-24(25,26)27/h2-6,10,14H,7-9,11-13,15-16H2,1H3,(H,29,35). The van der Waals surface area contributed by atoms with Gasteiger partial charge in [-0.15, -0.1) is 0 Å². The number of halogens is 3. The molecule has 1 amide bonds. The fourth-order valence-electron chi connectivity index (χ4n) is 4.59. The van der Waals surface area contributed by atoms with Crippen LogP contribution < -0.4 is 14.8 Å². The molecule has 0 bridgehead atoms. The number of amides is 1. The molecule has 1 aromatic carbocycles. The Morgan fingerprint density at radius 1 is 1.14 bits per heavy atom. The molecule has 2 saturated heterocycles. The number of rotatable bonds is 5. The number of hydrogen-bond acceptors (Lipinski definition) is 5. The topological polar surface area (TPSA) is 66.9 Å². The molecule has 188 valence electrons. The average Bonchev–Trinajstić information content (AvgIpc) is 3.26. The van der Waals surface area contributed by atoms with Crippen LogP contribution in [0.5, 0.6) is 11.6 Å². The Balaban J connectivity index is 1.34. The number of piperidine rings is 1. The number of likely N-dealkylation sites (tertiary alicyclic amines) is 2. The number of thiocarbonyl (C=S) groups is 1. The number of carbonyl (C=O) groups excluding carboxylic acids is 1. The van der Waals surface area contributed by atoms with Crippen LogP contribution in [0.2, 0.25) is 0 Å². The first-order valence-corrected chi connectivity index (χ1v) is 11.7. The first-order chi connectivity index (χ1) is 16.7. The van der Waals surface area contributed by atoms with E-state index in [0.29, 0.717) is 18.2 Å². The summed E-state index contributed by atoms with van der Waals surface area (Å²) in [6.45, 7) is 1.10. The molecule has 0 aliphatic carbocycles. The Morgan fingerprint density at radius 2 is 1.86 bits per heavy atom. The minimum atomic E-state index is -4.51. The zero-order valence-corrected chi connectivity index (χ0v) is 20.1. The highest BCUT2D eigenvalue weighted by atomic mass is 32.1. The quantitative estimate of drug-likeness (QED) is 0.602. The number of aromatic nitrogens is 1. The molecule has 2 aromatic rings. The summed E-state index contributed by atoms with van der Waals surface area (Å²) in [6.07, 6.45) is -0.637. The largest absolute Gasteiger partial charge is 0.497 e. The van der Waals surface area contributed by atoms with Crippen LogP contribution in [-0.2, 0) is 0 Å². The molecule has 7 nitrogen and oxygen atoms in total. The Hall–Kier alpha value is -3.08. The lowest BCUT2D eigenvalue weighted by Crippen LogP contribution is -2.46. The van der Waals surface area contributed by atoms with Gasteiger partial charge in [0.25, 0.3) is 5.91 Å². The minimum Gasteiger partial charge on any atom is -0.497 e. The van der Waals surface area contributed by atoms with Gasteiger partial charge in [0.2, 0.25) is 5.88 Å². The third-order valence-electron chi connectivity index (χ3n) is 6.53. The zero-order chi connectivity index (χ0) is 25.1. The van der Waals surface area contributed by atoms with Crippen molar-refractivity contribution in [1.29, 1.82) is 0 Å². The van der Waals surface area contributed by atoms with Crippen LogP contribution in [0.1, 0.15) is 29.6 Å². The smallest absolute Gasteiger partial charge is 0.422 e. The third kappa shape index (κ3) is 6.14. The van der Waals surface area contributed by atoms with Crippen molar-refractivity contribution in [2.24, 2.45) is 5.41 Å². The molecule has 0 saturated carbocycles. The van der Waals surface area contributed by atoms with Gasteiger partial charge in [-0.05, 0) is 61.2 Å². The second-order valence-electron chi connectivity index (χ2n) is 8.89. The van der Waals surface area contributed by atoms with Crippen molar-refractivity contribution in [2.45, 2.75) is 25.4 Å². The fourth-order valence-corrected chi connectivity index (χ4v) is 4.89. The number of hydrogen-bond donors (Lipinski definition) is 1. The normalized spacial score (nSPS) is 17.4. The molecule has 1 N–H and O–H groups in total. The lowest BCUT2D eigenvalue weighted by molar-refractivity contribution is -0.154. The highest BCUT2D eigenvalue weighted by Crippen LogP contribution is 2.41. The van der Waals surface area contributed by atoms with Gasteiger partial charge in [0.15, 0.2) is 11.7 Å². The molecule has 0 unspecified atom stereocenters. The van der Waals surface area contributed by atoms with Crippen molar-refractivity contribution >= 4 is 28.9 Å². The maximum absolute atomic E-state index is 13.1. The van der Waals surface area contributed by atoms with Gasteiger partial charge in [-0.25, -0.2) is 4.98 Å². The van der Waals surface area contributed by atoms with E-state index in [2.05, 4.69) is 15.2 Å². The molecule has 2 aliphatic rings. The van der Waals surface area contributed by atoms with E-state index in [0.717, 1.165) is 43.8 Å². The van der Waals surface area contributed by atoms with E-state index in [1.165, 1.54) is 18.3 Å². The summed E-state index contributed by atoms with van der Waals surface area (Å²) in [5.74, 6) is 0.0936. The van der Waals surface area contributed by atoms with Crippen LogP contribution in [-0.4, -0.2) is 71.9 Å². The predicted octanol–water partition coefficient (Wildman–Crippen LogP) is 4.36. The van der Waals surface area contributed by atoms with Gasteiger partial charge in [0.05, 0.1) is 7.11 Å². The van der Waals surface area contributed by atoms with Crippen LogP contribution in [0.4, 0.5) is 18.9 Å². The number of pyridine rings is 1. The molecule has 35 heavy (non-hydrogen) atoms. The van der Waals surface area contributed by atoms with Gasteiger partial charge in [0.1, 0.15) is 11.3 Å². The summed E-state index contributed by atoms with van der Waals surface area (Å²) >= 11 is 5.60. The highest BCUT2D eigenvalue weighted by molar-refractivity contribution is 7.80. The molecule has 11 heteroatoms. The number of carbonyl (C=O) groups is 1. The Bertz CT molecular complexity index is 1070. The third-order valence-corrected chi connectivity index (χ3v) is 6.89. The first kappa shape index (κ1) is 25.0. The van der Waals surface area contributed by atoms with Gasteiger partial charge in [0, 0.05) is 44.1 Å². The fraction of sp³-hybridized carbons (Fsp3) is 0.458. The lowest BCUT2D eigenvalue weighted by Gasteiger charge is -2.40. The van der Waals surface area contributed by atoms with E-state index in [9.17, 15) is 18.0 Å². The lowest BCUT2D eigenvalue weighted by atomic mass is 9.78. The second kappa shape index (κ2) is 10.3. The summed E-state index contributed by atoms with van der Waals surface area (Å²) < 4.78 is 47.8. The van der Waals surface area contributed by atoms with E-state index < -0.39 is 12.8 Å². The zero-order valence-electron chi connectivity index (χ0n) is 19.3. The number of anilines is 1. The summed E-state index contributed by atoms with van der Waals surface area (Å²) in [4.78, 5) is 20.8. The van der Waals surface area contributed by atoms with Crippen LogP contribution in [0.3, 0.4) is 0 Å². The van der Waals surface area contributed by atoms with Crippen LogP contribution >= 0.6 is 12.2 Å². The molecule has 2 aliphatic heterocycles. The molecule has 2 fully saturated rings.